The van der Waals surface area contributed by atoms with E-state index in [1.807, 2.05) is 0 Å². The Labute approximate surface area is 108 Å². The fourth-order valence-electron chi connectivity index (χ4n) is 1.81. The van der Waals surface area contributed by atoms with Crippen molar-refractivity contribution < 1.29 is 13.5 Å². The number of hydrogen-bond donors (Lipinski definition) is 2. The molecule has 2 rings (SSSR count). The van der Waals surface area contributed by atoms with Crippen LogP contribution in [-0.2, 0) is 7.05 Å². The van der Waals surface area contributed by atoms with Gasteiger partial charge in [-0.25, -0.2) is 5.43 Å². The number of hydrogen-bond acceptors (Lipinski definition) is 4. The summed E-state index contributed by atoms with van der Waals surface area (Å²) in [5.74, 6) is 5.60. The molecule has 1 atom stereocenters. The molecule has 0 spiro atoms. The molecular formula is C12H14F2N4O. The van der Waals surface area contributed by atoms with E-state index in [1.54, 1.807) is 36.1 Å². The molecule has 0 saturated carbocycles. The van der Waals surface area contributed by atoms with Crippen LogP contribution in [0.1, 0.15) is 17.3 Å². The van der Waals surface area contributed by atoms with Gasteiger partial charge in [0.15, 0.2) is 0 Å². The van der Waals surface area contributed by atoms with Gasteiger partial charge in [0.1, 0.15) is 5.75 Å². The molecule has 2 aromatic rings. The van der Waals surface area contributed by atoms with E-state index in [9.17, 15) is 8.78 Å². The molecule has 0 aliphatic heterocycles. The lowest BCUT2D eigenvalue weighted by atomic mass is 10.0. The molecule has 1 heterocycles. The molecule has 1 unspecified atom stereocenters. The molecule has 1 aromatic heterocycles. The summed E-state index contributed by atoms with van der Waals surface area (Å²) in [5, 5.41) is 4.23. The maximum absolute atomic E-state index is 12.2. The van der Waals surface area contributed by atoms with Crippen LogP contribution < -0.4 is 16.0 Å². The van der Waals surface area contributed by atoms with E-state index >= 15 is 0 Å². The van der Waals surface area contributed by atoms with Gasteiger partial charge in [0.25, 0.3) is 0 Å². The molecule has 3 N–H and O–H groups in total. The third kappa shape index (κ3) is 3.27. The molecule has 0 saturated heterocycles. The summed E-state index contributed by atoms with van der Waals surface area (Å²) in [7, 11) is 1.79. The fourth-order valence-corrected chi connectivity index (χ4v) is 1.81. The summed E-state index contributed by atoms with van der Waals surface area (Å²) in [6.45, 7) is -2.85. The number of rotatable bonds is 5. The first-order valence-corrected chi connectivity index (χ1v) is 5.60. The van der Waals surface area contributed by atoms with Gasteiger partial charge in [-0.2, -0.15) is 13.9 Å². The van der Waals surface area contributed by atoms with Crippen LogP contribution in [-0.4, -0.2) is 16.4 Å². The van der Waals surface area contributed by atoms with Gasteiger partial charge in [-0.3, -0.25) is 10.5 Å². The van der Waals surface area contributed by atoms with Crippen molar-refractivity contribution in [3.63, 3.8) is 0 Å². The van der Waals surface area contributed by atoms with E-state index in [0.29, 0.717) is 11.3 Å². The van der Waals surface area contributed by atoms with Crippen molar-refractivity contribution in [3.05, 3.63) is 47.8 Å². The smallest absolute Gasteiger partial charge is 0.387 e. The molecule has 0 bridgehead atoms. The molecule has 7 heteroatoms. The van der Waals surface area contributed by atoms with Gasteiger partial charge >= 0.3 is 6.61 Å². The van der Waals surface area contributed by atoms with E-state index in [0.717, 1.165) is 0 Å². The van der Waals surface area contributed by atoms with Crippen molar-refractivity contribution in [2.45, 2.75) is 12.7 Å². The number of alkyl halides is 2. The summed E-state index contributed by atoms with van der Waals surface area (Å²) in [6, 6.07) is 7.76. The van der Waals surface area contributed by atoms with Gasteiger partial charge in [0.2, 0.25) is 0 Å². The number of aromatic nitrogens is 2. The SMILES string of the molecule is Cn1ccc(C(NN)c2cccc(OC(F)F)c2)n1. The maximum Gasteiger partial charge on any atom is 0.387 e. The summed E-state index contributed by atoms with van der Waals surface area (Å²) in [6.07, 6.45) is 1.78. The zero-order valence-corrected chi connectivity index (χ0v) is 10.3. The summed E-state index contributed by atoms with van der Waals surface area (Å²) >= 11 is 0. The Morgan fingerprint density at radius 3 is 2.74 bits per heavy atom. The van der Waals surface area contributed by atoms with Gasteiger partial charge in [0.05, 0.1) is 11.7 Å². The second kappa shape index (κ2) is 5.77. The first kappa shape index (κ1) is 13.4. The zero-order chi connectivity index (χ0) is 13.8. The molecule has 0 aliphatic carbocycles. The summed E-state index contributed by atoms with van der Waals surface area (Å²) in [5.41, 5.74) is 4.00. The number of benzene rings is 1. The van der Waals surface area contributed by atoms with Crippen LogP contribution in [0.4, 0.5) is 8.78 Å². The number of nitrogens with one attached hydrogen (secondary N) is 1. The first-order valence-electron chi connectivity index (χ1n) is 5.60. The minimum Gasteiger partial charge on any atom is -0.435 e. The van der Waals surface area contributed by atoms with Crippen molar-refractivity contribution in [1.29, 1.82) is 0 Å². The third-order valence-corrected chi connectivity index (χ3v) is 2.61. The number of halogens is 2. The molecule has 5 nitrogen and oxygen atoms in total. The number of aryl methyl sites for hydroxylation is 1. The molecule has 0 fully saturated rings. The van der Waals surface area contributed by atoms with Crippen molar-refractivity contribution in [2.75, 3.05) is 0 Å². The van der Waals surface area contributed by atoms with Crippen molar-refractivity contribution in [3.8, 4) is 5.75 Å². The third-order valence-electron chi connectivity index (χ3n) is 2.61. The quantitative estimate of drug-likeness (QED) is 0.638. The van der Waals surface area contributed by atoms with E-state index < -0.39 is 6.61 Å². The lowest BCUT2D eigenvalue weighted by molar-refractivity contribution is -0.0498. The van der Waals surface area contributed by atoms with E-state index in [4.69, 9.17) is 5.84 Å². The van der Waals surface area contributed by atoms with Crippen LogP contribution in [0.25, 0.3) is 0 Å². The number of nitrogens with zero attached hydrogens (tertiary/aromatic N) is 2. The topological polar surface area (TPSA) is 65.1 Å². The van der Waals surface area contributed by atoms with Gasteiger partial charge in [-0.05, 0) is 23.8 Å². The molecule has 102 valence electrons. The highest BCUT2D eigenvalue weighted by Crippen LogP contribution is 2.24. The minimum atomic E-state index is -2.85. The second-order valence-electron chi connectivity index (χ2n) is 3.96. The van der Waals surface area contributed by atoms with Gasteiger partial charge in [0, 0.05) is 13.2 Å². The monoisotopic (exact) mass is 268 g/mol. The number of ether oxygens (including phenoxy) is 1. The lowest BCUT2D eigenvalue weighted by Gasteiger charge is -2.15. The predicted octanol–water partition coefficient (Wildman–Crippen LogP) is 1.57. The normalized spacial score (nSPS) is 12.7. The Bertz CT molecular complexity index is 544. The summed E-state index contributed by atoms with van der Waals surface area (Å²) < 4.78 is 30.4. The Kier molecular flexibility index (Phi) is 4.08. The van der Waals surface area contributed by atoms with Crippen LogP contribution in [0.2, 0.25) is 0 Å². The van der Waals surface area contributed by atoms with Gasteiger partial charge in [-0.1, -0.05) is 12.1 Å². The standard InChI is InChI=1S/C12H14F2N4O/c1-18-6-5-10(17-18)11(16-15)8-3-2-4-9(7-8)19-12(13)14/h2-7,11-12,16H,15H2,1H3. The van der Waals surface area contributed by atoms with Crippen LogP contribution in [0.3, 0.4) is 0 Å². The molecule has 0 aliphatic rings. The second-order valence-corrected chi connectivity index (χ2v) is 3.96. The molecule has 0 amide bonds. The average Bonchev–Trinajstić information content (AvgIpc) is 2.76. The van der Waals surface area contributed by atoms with Crippen LogP contribution >= 0.6 is 0 Å². The predicted molar refractivity (Wildman–Crippen MR) is 65.4 cm³/mol. The molecule has 19 heavy (non-hydrogen) atoms. The Morgan fingerprint density at radius 2 is 2.16 bits per heavy atom. The number of hydrazine groups is 1. The Balaban J connectivity index is 2.28. The minimum absolute atomic E-state index is 0.0867. The fraction of sp³-hybridized carbons (Fsp3) is 0.250. The van der Waals surface area contributed by atoms with Crippen LogP contribution in [0.15, 0.2) is 36.5 Å². The highest BCUT2D eigenvalue weighted by molar-refractivity contribution is 5.34. The van der Waals surface area contributed by atoms with Crippen molar-refractivity contribution >= 4 is 0 Å². The van der Waals surface area contributed by atoms with Gasteiger partial charge < -0.3 is 4.74 Å². The highest BCUT2D eigenvalue weighted by atomic mass is 19.3. The number of nitrogens with two attached hydrogens (primary N) is 1. The van der Waals surface area contributed by atoms with Gasteiger partial charge in [-0.15, -0.1) is 0 Å². The van der Waals surface area contributed by atoms with Crippen LogP contribution in [0, 0.1) is 0 Å². The lowest BCUT2D eigenvalue weighted by Crippen LogP contribution is -2.29. The first-order chi connectivity index (χ1) is 9.10. The Hall–Kier alpha value is -1.99. The maximum atomic E-state index is 12.2. The molecule has 1 aromatic carbocycles. The Morgan fingerprint density at radius 1 is 1.37 bits per heavy atom. The van der Waals surface area contributed by atoms with E-state index in [2.05, 4.69) is 15.3 Å². The largest absolute Gasteiger partial charge is 0.435 e. The van der Waals surface area contributed by atoms with E-state index in [-0.39, 0.29) is 11.8 Å². The average molecular weight is 268 g/mol. The molecular weight excluding hydrogens is 254 g/mol. The van der Waals surface area contributed by atoms with Crippen LogP contribution in [0.5, 0.6) is 5.75 Å². The summed E-state index contributed by atoms with van der Waals surface area (Å²) in [4.78, 5) is 0. The van der Waals surface area contributed by atoms with Crippen molar-refractivity contribution in [2.24, 2.45) is 12.9 Å². The van der Waals surface area contributed by atoms with Crippen molar-refractivity contribution in [1.82, 2.24) is 15.2 Å². The highest BCUT2D eigenvalue weighted by Gasteiger charge is 2.16. The zero-order valence-electron chi connectivity index (χ0n) is 10.3. The molecule has 0 radical (unpaired) electrons. The van der Waals surface area contributed by atoms with E-state index in [1.165, 1.54) is 12.1 Å².